The van der Waals surface area contributed by atoms with Gasteiger partial charge in [0.15, 0.2) is 4.90 Å². The molecule has 7 nitrogen and oxygen atoms in total. The summed E-state index contributed by atoms with van der Waals surface area (Å²) in [6.07, 6.45) is 0. The quantitative estimate of drug-likeness (QED) is 0.772. The molecule has 0 fully saturated rings. The summed E-state index contributed by atoms with van der Waals surface area (Å²) in [5, 5.41) is 0. The number of hydrogen-bond acceptors (Lipinski definition) is 5. The van der Waals surface area contributed by atoms with Gasteiger partial charge < -0.3 is 4.18 Å². The first kappa shape index (κ1) is 18.0. The van der Waals surface area contributed by atoms with Gasteiger partial charge in [0.2, 0.25) is 0 Å². The number of benzene rings is 1. The first-order valence-electron chi connectivity index (χ1n) is 7.26. The summed E-state index contributed by atoms with van der Waals surface area (Å²) in [5.41, 5.74) is 0.803. The first-order chi connectivity index (χ1) is 11.0. The van der Waals surface area contributed by atoms with Crippen LogP contribution in [0.4, 0.5) is 0 Å². The molecular weight excluding hydrogens is 332 g/mol. The van der Waals surface area contributed by atoms with Crippen molar-refractivity contribution in [2.24, 2.45) is 14.1 Å². The summed E-state index contributed by atoms with van der Waals surface area (Å²) in [6.45, 7) is 6.76. The van der Waals surface area contributed by atoms with Crippen molar-refractivity contribution in [1.29, 1.82) is 0 Å². The van der Waals surface area contributed by atoms with Crippen molar-refractivity contribution < 1.29 is 12.6 Å². The van der Waals surface area contributed by atoms with Gasteiger partial charge >= 0.3 is 15.8 Å². The Morgan fingerprint density at radius 1 is 0.917 bits per heavy atom. The van der Waals surface area contributed by atoms with Crippen LogP contribution in [-0.2, 0) is 24.2 Å². The summed E-state index contributed by atoms with van der Waals surface area (Å²) in [7, 11) is -1.76. The molecule has 0 aliphatic rings. The number of rotatable bonds is 3. The second-order valence-corrected chi connectivity index (χ2v) is 7.37. The van der Waals surface area contributed by atoms with Crippen LogP contribution in [-0.4, -0.2) is 17.6 Å². The molecule has 0 amide bonds. The van der Waals surface area contributed by atoms with Gasteiger partial charge in [-0.1, -0.05) is 17.7 Å². The van der Waals surface area contributed by atoms with E-state index < -0.39 is 26.3 Å². The molecule has 24 heavy (non-hydrogen) atoms. The van der Waals surface area contributed by atoms with E-state index in [1.54, 1.807) is 26.0 Å². The van der Waals surface area contributed by atoms with Gasteiger partial charge in [-0.2, -0.15) is 8.42 Å². The second-order valence-electron chi connectivity index (χ2n) is 5.89. The highest BCUT2D eigenvalue weighted by Gasteiger charge is 2.28. The third-order valence-electron chi connectivity index (χ3n) is 3.95. The van der Waals surface area contributed by atoms with Crippen LogP contribution < -0.4 is 15.4 Å². The molecular formula is C16H20N2O5S. The fourth-order valence-corrected chi connectivity index (χ4v) is 4.07. The molecule has 0 spiro atoms. The molecule has 0 unspecified atom stereocenters. The Balaban J connectivity index is 2.71. The minimum Gasteiger partial charge on any atom is -0.378 e. The highest BCUT2D eigenvalue weighted by atomic mass is 32.2. The van der Waals surface area contributed by atoms with E-state index in [4.69, 9.17) is 4.18 Å². The molecule has 2 aromatic rings. The summed E-state index contributed by atoms with van der Waals surface area (Å²) >= 11 is 0. The Morgan fingerprint density at radius 2 is 1.42 bits per heavy atom. The Labute approximate surface area is 140 Å². The minimum absolute atomic E-state index is 0.0329. The molecule has 0 aliphatic heterocycles. The lowest BCUT2D eigenvalue weighted by atomic mass is 10.1. The normalized spacial score (nSPS) is 11.6. The molecule has 1 heterocycles. The first-order valence-corrected chi connectivity index (χ1v) is 8.67. The molecule has 0 aliphatic carbocycles. The molecule has 0 radical (unpaired) electrons. The van der Waals surface area contributed by atoms with E-state index in [0.717, 1.165) is 14.7 Å². The largest absolute Gasteiger partial charge is 0.378 e. The molecule has 0 N–H and O–H groups in total. The zero-order valence-electron chi connectivity index (χ0n) is 14.5. The van der Waals surface area contributed by atoms with Gasteiger partial charge in [0, 0.05) is 19.8 Å². The molecule has 1 aromatic heterocycles. The Kier molecular flexibility index (Phi) is 4.45. The van der Waals surface area contributed by atoms with Gasteiger partial charge in [0.25, 0.3) is 5.56 Å². The Bertz CT molecular complexity index is 1020. The Hall–Kier alpha value is -2.35. The van der Waals surface area contributed by atoms with Gasteiger partial charge in [-0.3, -0.25) is 13.9 Å². The van der Waals surface area contributed by atoms with E-state index >= 15 is 0 Å². The van der Waals surface area contributed by atoms with Gasteiger partial charge in [0.1, 0.15) is 5.75 Å². The van der Waals surface area contributed by atoms with Crippen molar-refractivity contribution in [1.82, 2.24) is 9.13 Å². The SMILES string of the molecule is Cc1cc(C)c(OS(=O)(=O)c2c(C)n(C)c(=O)n(C)c2=O)c(C)c1. The maximum absolute atomic E-state index is 12.7. The molecule has 1 aromatic carbocycles. The second kappa shape index (κ2) is 5.94. The predicted molar refractivity (Wildman–Crippen MR) is 90.1 cm³/mol. The maximum atomic E-state index is 12.7. The van der Waals surface area contributed by atoms with E-state index in [1.165, 1.54) is 21.0 Å². The summed E-state index contributed by atoms with van der Waals surface area (Å²) in [6, 6.07) is 3.59. The maximum Gasteiger partial charge on any atom is 0.346 e. The molecule has 8 heteroatoms. The van der Waals surface area contributed by atoms with Crippen LogP contribution in [0.2, 0.25) is 0 Å². The van der Waals surface area contributed by atoms with Crippen LogP contribution in [0.1, 0.15) is 22.4 Å². The molecule has 0 bridgehead atoms. The van der Waals surface area contributed by atoms with Crippen molar-refractivity contribution in [3.05, 3.63) is 55.4 Å². The lowest BCUT2D eigenvalue weighted by molar-refractivity contribution is 0.475. The summed E-state index contributed by atoms with van der Waals surface area (Å²) in [4.78, 5) is 23.7. The molecule has 130 valence electrons. The number of aryl methyl sites for hydroxylation is 3. The number of aromatic nitrogens is 2. The lowest BCUT2D eigenvalue weighted by Gasteiger charge is -2.15. The molecule has 2 rings (SSSR count). The highest BCUT2D eigenvalue weighted by Crippen LogP contribution is 2.27. The lowest BCUT2D eigenvalue weighted by Crippen LogP contribution is -2.41. The van der Waals surface area contributed by atoms with Crippen LogP contribution in [0.15, 0.2) is 26.6 Å². The van der Waals surface area contributed by atoms with Crippen molar-refractivity contribution in [2.75, 3.05) is 0 Å². The Morgan fingerprint density at radius 3 is 1.92 bits per heavy atom. The van der Waals surface area contributed by atoms with Gasteiger partial charge in [0.05, 0.1) is 0 Å². The smallest absolute Gasteiger partial charge is 0.346 e. The average Bonchev–Trinajstić information content (AvgIpc) is 2.47. The van der Waals surface area contributed by atoms with Crippen molar-refractivity contribution >= 4 is 10.1 Å². The minimum atomic E-state index is -4.39. The predicted octanol–water partition coefficient (Wildman–Crippen LogP) is 1.09. The van der Waals surface area contributed by atoms with Gasteiger partial charge in [-0.05, 0) is 38.8 Å². The summed E-state index contributed by atoms with van der Waals surface area (Å²) < 4.78 is 32.5. The van der Waals surface area contributed by atoms with Gasteiger partial charge in [-0.25, -0.2) is 4.79 Å². The zero-order chi connectivity index (χ0) is 18.4. The number of hydrogen-bond donors (Lipinski definition) is 0. The van der Waals surface area contributed by atoms with Gasteiger partial charge in [-0.15, -0.1) is 0 Å². The molecule has 0 saturated heterocycles. The van der Waals surface area contributed by atoms with E-state index in [2.05, 4.69) is 0 Å². The van der Waals surface area contributed by atoms with Crippen molar-refractivity contribution in [2.45, 2.75) is 32.6 Å². The molecule has 0 saturated carbocycles. The van der Waals surface area contributed by atoms with Crippen LogP contribution in [0.25, 0.3) is 0 Å². The van der Waals surface area contributed by atoms with Crippen LogP contribution >= 0.6 is 0 Å². The third-order valence-corrected chi connectivity index (χ3v) is 5.31. The van der Waals surface area contributed by atoms with E-state index in [9.17, 15) is 18.0 Å². The highest BCUT2D eigenvalue weighted by molar-refractivity contribution is 7.87. The van der Waals surface area contributed by atoms with Crippen LogP contribution in [0.3, 0.4) is 0 Å². The topological polar surface area (TPSA) is 87.4 Å². The third kappa shape index (κ3) is 2.89. The summed E-state index contributed by atoms with van der Waals surface area (Å²) in [5.74, 6) is 0.191. The van der Waals surface area contributed by atoms with E-state index in [0.29, 0.717) is 11.1 Å². The number of nitrogens with zero attached hydrogens (tertiary/aromatic N) is 2. The fraction of sp³-hybridized carbons (Fsp3) is 0.375. The zero-order valence-corrected chi connectivity index (χ0v) is 15.3. The van der Waals surface area contributed by atoms with Crippen LogP contribution in [0.5, 0.6) is 5.75 Å². The van der Waals surface area contributed by atoms with E-state index in [1.807, 2.05) is 6.92 Å². The monoisotopic (exact) mass is 352 g/mol. The standard InChI is InChI=1S/C16H20N2O5S/c1-9-7-10(2)13(11(3)8-9)23-24(21,22)14-12(4)17(5)16(20)18(6)15(14)19/h7-8H,1-6H3. The molecule has 0 atom stereocenters. The fourth-order valence-electron chi connectivity index (χ4n) is 2.65. The van der Waals surface area contributed by atoms with E-state index in [-0.39, 0.29) is 11.4 Å². The van der Waals surface area contributed by atoms with Crippen LogP contribution in [0, 0.1) is 27.7 Å². The average molecular weight is 352 g/mol. The van der Waals surface area contributed by atoms with Crippen molar-refractivity contribution in [3.63, 3.8) is 0 Å². The van der Waals surface area contributed by atoms with Crippen molar-refractivity contribution in [3.8, 4) is 5.75 Å².